The number of hydrogen-bond donors (Lipinski definition) is 1. The largest absolute Gasteiger partial charge is 0.497 e. The van der Waals surface area contributed by atoms with Gasteiger partial charge in [-0.1, -0.05) is 17.3 Å². The summed E-state index contributed by atoms with van der Waals surface area (Å²) in [6, 6.07) is 7.97. The van der Waals surface area contributed by atoms with Gasteiger partial charge in [-0.05, 0) is 24.7 Å². The average Bonchev–Trinajstić information content (AvgIpc) is 2.87. The second-order valence-corrected chi connectivity index (χ2v) is 4.33. The van der Waals surface area contributed by atoms with E-state index in [0.29, 0.717) is 18.3 Å². The Labute approximate surface area is 124 Å². The Hall–Kier alpha value is -1.63. The Kier molecular flexibility index (Phi) is 6.44. The predicted octanol–water partition coefficient (Wildman–Crippen LogP) is 1.59. The highest BCUT2D eigenvalue weighted by molar-refractivity contribution is 5.85. The number of nitrogens with zero attached hydrogens (tertiary/aromatic N) is 3. The molecule has 0 saturated heterocycles. The fourth-order valence-electron chi connectivity index (χ4n) is 1.78. The lowest BCUT2D eigenvalue weighted by Gasteiger charge is -2.14. The molecule has 7 heteroatoms. The minimum atomic E-state index is 0. The van der Waals surface area contributed by atoms with Crippen LogP contribution in [-0.4, -0.2) is 29.2 Å². The molecule has 2 aromatic rings. The molecule has 0 aliphatic rings. The summed E-state index contributed by atoms with van der Waals surface area (Å²) in [4.78, 5) is 6.28. The maximum Gasteiger partial charge on any atom is 0.240 e. The number of halogens is 1. The second kappa shape index (κ2) is 7.84. The van der Waals surface area contributed by atoms with E-state index in [1.54, 1.807) is 7.11 Å². The zero-order valence-electron chi connectivity index (χ0n) is 11.6. The Morgan fingerprint density at radius 3 is 2.50 bits per heavy atom. The standard InChI is InChI=1S/C13H18N4O2.ClH/c1-17(9-12-15-13(7-14)19-16-12)8-10-3-5-11(18-2)6-4-10;/h3-6H,7-9,14H2,1-2H3;1H. The summed E-state index contributed by atoms with van der Waals surface area (Å²) >= 11 is 0. The zero-order valence-corrected chi connectivity index (χ0v) is 12.4. The van der Waals surface area contributed by atoms with Gasteiger partial charge in [0.15, 0.2) is 5.82 Å². The topological polar surface area (TPSA) is 77.4 Å². The van der Waals surface area contributed by atoms with Gasteiger partial charge in [-0.2, -0.15) is 4.98 Å². The summed E-state index contributed by atoms with van der Waals surface area (Å²) in [5.74, 6) is 1.97. The minimum Gasteiger partial charge on any atom is -0.497 e. The second-order valence-electron chi connectivity index (χ2n) is 4.33. The van der Waals surface area contributed by atoms with E-state index in [-0.39, 0.29) is 19.0 Å². The van der Waals surface area contributed by atoms with Gasteiger partial charge in [0.1, 0.15) is 5.75 Å². The van der Waals surface area contributed by atoms with Crippen molar-refractivity contribution in [3.8, 4) is 5.75 Å². The minimum absolute atomic E-state index is 0. The smallest absolute Gasteiger partial charge is 0.240 e. The number of methoxy groups -OCH3 is 1. The Morgan fingerprint density at radius 1 is 1.25 bits per heavy atom. The SMILES string of the molecule is COc1ccc(CN(C)Cc2noc(CN)n2)cc1.Cl. The molecular weight excluding hydrogens is 280 g/mol. The fourth-order valence-corrected chi connectivity index (χ4v) is 1.78. The third kappa shape index (κ3) is 4.48. The van der Waals surface area contributed by atoms with Crippen LogP contribution in [0.25, 0.3) is 0 Å². The van der Waals surface area contributed by atoms with Gasteiger partial charge in [-0.25, -0.2) is 0 Å². The van der Waals surface area contributed by atoms with E-state index in [0.717, 1.165) is 12.3 Å². The predicted molar refractivity (Wildman–Crippen MR) is 77.6 cm³/mol. The lowest BCUT2D eigenvalue weighted by atomic mass is 10.2. The van der Waals surface area contributed by atoms with E-state index in [9.17, 15) is 0 Å². The van der Waals surface area contributed by atoms with Crippen molar-refractivity contribution in [1.82, 2.24) is 15.0 Å². The molecule has 0 atom stereocenters. The zero-order chi connectivity index (χ0) is 13.7. The quantitative estimate of drug-likeness (QED) is 0.872. The van der Waals surface area contributed by atoms with Crippen LogP contribution in [0.5, 0.6) is 5.75 Å². The molecule has 0 saturated carbocycles. The summed E-state index contributed by atoms with van der Waals surface area (Å²) in [5, 5.41) is 3.87. The third-order valence-electron chi connectivity index (χ3n) is 2.71. The molecule has 2 rings (SSSR count). The maximum atomic E-state index is 5.42. The van der Waals surface area contributed by atoms with E-state index >= 15 is 0 Å². The molecule has 0 amide bonds. The van der Waals surface area contributed by atoms with Crippen LogP contribution in [0.4, 0.5) is 0 Å². The van der Waals surface area contributed by atoms with Gasteiger partial charge in [0.25, 0.3) is 0 Å². The van der Waals surface area contributed by atoms with Crippen LogP contribution in [0.3, 0.4) is 0 Å². The highest BCUT2D eigenvalue weighted by Gasteiger charge is 2.08. The first-order valence-electron chi connectivity index (χ1n) is 6.04. The maximum absolute atomic E-state index is 5.42. The number of hydrogen-bond acceptors (Lipinski definition) is 6. The molecular formula is C13H19ClN4O2. The van der Waals surface area contributed by atoms with Gasteiger partial charge < -0.3 is 15.0 Å². The van der Waals surface area contributed by atoms with Crippen molar-refractivity contribution in [2.45, 2.75) is 19.6 Å². The van der Waals surface area contributed by atoms with Crippen LogP contribution in [0.15, 0.2) is 28.8 Å². The van der Waals surface area contributed by atoms with Gasteiger partial charge in [0, 0.05) is 6.54 Å². The molecule has 0 bridgehead atoms. The highest BCUT2D eigenvalue weighted by atomic mass is 35.5. The molecule has 1 aromatic heterocycles. The first-order valence-corrected chi connectivity index (χ1v) is 6.04. The molecule has 1 heterocycles. The summed E-state index contributed by atoms with van der Waals surface area (Å²) in [6.45, 7) is 1.70. The van der Waals surface area contributed by atoms with Gasteiger partial charge in [0.05, 0.1) is 20.2 Å². The van der Waals surface area contributed by atoms with Crippen molar-refractivity contribution >= 4 is 12.4 Å². The number of rotatable bonds is 6. The monoisotopic (exact) mass is 298 g/mol. The van der Waals surface area contributed by atoms with Crippen LogP contribution in [0.2, 0.25) is 0 Å². The lowest BCUT2D eigenvalue weighted by Crippen LogP contribution is -2.18. The normalized spacial score (nSPS) is 10.4. The van der Waals surface area contributed by atoms with Crippen LogP contribution < -0.4 is 10.5 Å². The Morgan fingerprint density at radius 2 is 1.95 bits per heavy atom. The lowest BCUT2D eigenvalue weighted by molar-refractivity contribution is 0.299. The molecule has 110 valence electrons. The number of ether oxygens (including phenoxy) is 1. The van der Waals surface area contributed by atoms with Gasteiger partial charge in [-0.3, -0.25) is 4.90 Å². The first kappa shape index (κ1) is 16.4. The third-order valence-corrected chi connectivity index (χ3v) is 2.71. The summed E-state index contributed by atoms with van der Waals surface area (Å²) < 4.78 is 10.1. The Bertz CT molecular complexity index is 515. The summed E-state index contributed by atoms with van der Waals surface area (Å²) in [5.41, 5.74) is 6.62. The molecule has 2 N–H and O–H groups in total. The van der Waals surface area contributed by atoms with E-state index in [2.05, 4.69) is 15.0 Å². The van der Waals surface area contributed by atoms with Crippen LogP contribution in [0.1, 0.15) is 17.3 Å². The van der Waals surface area contributed by atoms with Crippen molar-refractivity contribution in [2.75, 3.05) is 14.2 Å². The number of nitrogens with two attached hydrogens (primary N) is 1. The van der Waals surface area contributed by atoms with Crippen molar-refractivity contribution in [3.05, 3.63) is 41.5 Å². The molecule has 0 aliphatic carbocycles. The van der Waals surface area contributed by atoms with Crippen molar-refractivity contribution in [1.29, 1.82) is 0 Å². The van der Waals surface area contributed by atoms with E-state index in [1.807, 2.05) is 31.3 Å². The summed E-state index contributed by atoms with van der Waals surface area (Å²) in [7, 11) is 3.66. The molecule has 20 heavy (non-hydrogen) atoms. The van der Waals surface area contributed by atoms with Crippen molar-refractivity contribution in [3.63, 3.8) is 0 Å². The van der Waals surface area contributed by atoms with Crippen LogP contribution in [-0.2, 0) is 19.6 Å². The van der Waals surface area contributed by atoms with Gasteiger partial charge >= 0.3 is 0 Å². The van der Waals surface area contributed by atoms with Crippen molar-refractivity contribution in [2.24, 2.45) is 5.73 Å². The molecule has 1 aromatic carbocycles. The molecule has 0 radical (unpaired) electrons. The molecule has 0 aliphatic heterocycles. The molecule has 0 spiro atoms. The number of benzene rings is 1. The van der Waals surface area contributed by atoms with Crippen LogP contribution >= 0.6 is 12.4 Å². The van der Waals surface area contributed by atoms with E-state index < -0.39 is 0 Å². The molecule has 0 unspecified atom stereocenters. The fraction of sp³-hybridized carbons (Fsp3) is 0.385. The van der Waals surface area contributed by atoms with Gasteiger partial charge in [0.2, 0.25) is 5.89 Å². The summed E-state index contributed by atoms with van der Waals surface area (Å²) in [6.07, 6.45) is 0. The molecule has 0 fully saturated rings. The number of aromatic nitrogens is 2. The average molecular weight is 299 g/mol. The van der Waals surface area contributed by atoms with Gasteiger partial charge in [-0.15, -0.1) is 12.4 Å². The van der Waals surface area contributed by atoms with Crippen LogP contribution in [0, 0.1) is 0 Å². The first-order chi connectivity index (χ1) is 9.21. The Balaban J connectivity index is 0.00000200. The van der Waals surface area contributed by atoms with E-state index in [4.69, 9.17) is 15.0 Å². The van der Waals surface area contributed by atoms with Crippen molar-refractivity contribution < 1.29 is 9.26 Å². The van der Waals surface area contributed by atoms with E-state index in [1.165, 1.54) is 5.56 Å². The highest BCUT2D eigenvalue weighted by Crippen LogP contribution is 2.13. The molecule has 6 nitrogen and oxygen atoms in total.